The number of rotatable bonds is 2. The lowest BCUT2D eigenvalue weighted by molar-refractivity contribution is 0.187. The molecule has 1 saturated carbocycles. The van der Waals surface area contributed by atoms with E-state index >= 15 is 0 Å². The Morgan fingerprint density at radius 2 is 2.21 bits per heavy atom. The molecule has 0 atom stereocenters. The van der Waals surface area contributed by atoms with Gasteiger partial charge in [-0.2, -0.15) is 0 Å². The summed E-state index contributed by atoms with van der Waals surface area (Å²) in [6, 6.07) is 5.63. The number of carbonyl (C=O) groups excluding carboxylic acids is 1. The smallest absolute Gasteiger partial charge is 0.411 e. The van der Waals surface area contributed by atoms with Crippen molar-refractivity contribution in [3.05, 3.63) is 24.0 Å². The molecule has 0 aliphatic heterocycles. The highest BCUT2D eigenvalue weighted by Crippen LogP contribution is 2.33. The molecule has 1 aliphatic rings. The molecule has 0 bridgehead atoms. The molecule has 1 aromatic carbocycles. The minimum absolute atomic E-state index is 0.463. The van der Waals surface area contributed by atoms with Crippen molar-refractivity contribution in [3.63, 3.8) is 0 Å². The highest BCUT2D eigenvalue weighted by Gasteiger charge is 2.20. The van der Waals surface area contributed by atoms with E-state index in [0.29, 0.717) is 11.6 Å². The van der Waals surface area contributed by atoms with E-state index in [-0.39, 0.29) is 0 Å². The Balaban J connectivity index is 1.88. The van der Waals surface area contributed by atoms with Gasteiger partial charge < -0.3 is 9.72 Å². The van der Waals surface area contributed by atoms with E-state index in [4.69, 9.17) is 0 Å². The number of ether oxygens (including phenoxy) is 1. The summed E-state index contributed by atoms with van der Waals surface area (Å²) in [5, 5.41) is 2.65. The van der Waals surface area contributed by atoms with Crippen LogP contribution in [-0.2, 0) is 4.74 Å². The second-order valence-corrected chi connectivity index (χ2v) is 4.95. The zero-order valence-corrected chi connectivity index (χ0v) is 10.9. The quantitative estimate of drug-likeness (QED) is 0.868. The number of fused-ring (bicyclic) bond motifs is 1. The summed E-state index contributed by atoms with van der Waals surface area (Å²) in [4.78, 5) is 19.2. The number of amides is 1. The maximum atomic E-state index is 11.2. The Bertz CT molecular complexity index is 600. The van der Waals surface area contributed by atoms with Crippen LogP contribution >= 0.6 is 0 Å². The number of hydrogen-bond donors (Lipinski definition) is 2. The number of H-pyrrole nitrogens is 1. The molecule has 1 fully saturated rings. The monoisotopic (exact) mass is 259 g/mol. The van der Waals surface area contributed by atoms with Gasteiger partial charge in [0.15, 0.2) is 0 Å². The summed E-state index contributed by atoms with van der Waals surface area (Å²) in [6.45, 7) is 0. The van der Waals surface area contributed by atoms with Crippen molar-refractivity contribution in [2.45, 2.75) is 31.6 Å². The number of aromatic nitrogens is 2. The zero-order chi connectivity index (χ0) is 13.2. The molecule has 0 spiro atoms. The average Bonchev–Trinajstić information content (AvgIpc) is 3.06. The molecule has 5 heteroatoms. The van der Waals surface area contributed by atoms with Gasteiger partial charge in [-0.15, -0.1) is 0 Å². The lowest BCUT2D eigenvalue weighted by atomic mass is 10.1. The molecule has 1 aliphatic carbocycles. The highest BCUT2D eigenvalue weighted by atomic mass is 16.5. The Morgan fingerprint density at radius 3 is 2.95 bits per heavy atom. The molecule has 0 radical (unpaired) electrons. The summed E-state index contributed by atoms with van der Waals surface area (Å²) in [5.74, 6) is 1.63. The van der Waals surface area contributed by atoms with Gasteiger partial charge in [-0.1, -0.05) is 12.8 Å². The Kier molecular flexibility index (Phi) is 3.11. The van der Waals surface area contributed by atoms with Crippen LogP contribution in [0.4, 0.5) is 10.5 Å². The maximum absolute atomic E-state index is 11.2. The number of anilines is 1. The van der Waals surface area contributed by atoms with Crippen LogP contribution in [0.15, 0.2) is 18.2 Å². The molecular weight excluding hydrogens is 242 g/mol. The maximum Gasteiger partial charge on any atom is 0.411 e. The third-order valence-electron chi connectivity index (χ3n) is 3.67. The van der Waals surface area contributed by atoms with Crippen molar-refractivity contribution in [1.29, 1.82) is 0 Å². The van der Waals surface area contributed by atoms with E-state index in [1.807, 2.05) is 18.2 Å². The fourth-order valence-corrected chi connectivity index (χ4v) is 2.67. The summed E-state index contributed by atoms with van der Waals surface area (Å²) >= 11 is 0. The molecule has 100 valence electrons. The van der Waals surface area contributed by atoms with Gasteiger partial charge in [-0.05, 0) is 31.0 Å². The first-order chi connectivity index (χ1) is 9.26. The number of imidazole rings is 1. The summed E-state index contributed by atoms with van der Waals surface area (Å²) in [6.07, 6.45) is 4.54. The van der Waals surface area contributed by atoms with Gasteiger partial charge in [-0.25, -0.2) is 9.78 Å². The predicted octanol–water partition coefficient (Wildman–Crippen LogP) is 3.40. The number of hydrogen-bond acceptors (Lipinski definition) is 3. The Hall–Kier alpha value is -2.04. The summed E-state index contributed by atoms with van der Waals surface area (Å²) < 4.78 is 4.58. The third-order valence-corrected chi connectivity index (χ3v) is 3.67. The second-order valence-electron chi connectivity index (χ2n) is 4.95. The first kappa shape index (κ1) is 12.0. The van der Waals surface area contributed by atoms with Crippen molar-refractivity contribution in [2.24, 2.45) is 0 Å². The lowest BCUT2D eigenvalue weighted by Crippen LogP contribution is -2.10. The minimum Gasteiger partial charge on any atom is -0.453 e. The van der Waals surface area contributed by atoms with Crippen molar-refractivity contribution in [1.82, 2.24) is 9.97 Å². The van der Waals surface area contributed by atoms with E-state index in [9.17, 15) is 4.79 Å². The molecule has 3 rings (SSSR count). The molecule has 1 amide bonds. The van der Waals surface area contributed by atoms with Crippen molar-refractivity contribution in [2.75, 3.05) is 12.4 Å². The van der Waals surface area contributed by atoms with Crippen LogP contribution in [0.25, 0.3) is 11.0 Å². The Morgan fingerprint density at radius 1 is 1.42 bits per heavy atom. The van der Waals surface area contributed by atoms with Gasteiger partial charge in [0.25, 0.3) is 0 Å². The van der Waals surface area contributed by atoms with E-state index in [1.165, 1.54) is 32.8 Å². The third kappa shape index (κ3) is 2.41. The zero-order valence-electron chi connectivity index (χ0n) is 10.9. The van der Waals surface area contributed by atoms with Crippen LogP contribution in [0.5, 0.6) is 0 Å². The molecule has 5 nitrogen and oxygen atoms in total. The van der Waals surface area contributed by atoms with Crippen LogP contribution in [-0.4, -0.2) is 23.2 Å². The number of nitrogens with zero attached hydrogens (tertiary/aromatic N) is 1. The SMILES string of the molecule is COC(=O)Nc1ccc2nc(C3CCCC3)[nH]c2c1. The van der Waals surface area contributed by atoms with Crippen molar-refractivity contribution < 1.29 is 9.53 Å². The van der Waals surface area contributed by atoms with E-state index in [2.05, 4.69) is 20.0 Å². The molecule has 0 unspecified atom stereocenters. The van der Waals surface area contributed by atoms with Crippen LogP contribution in [0, 0.1) is 0 Å². The van der Waals surface area contributed by atoms with E-state index in [1.54, 1.807) is 0 Å². The molecule has 1 aromatic heterocycles. The number of benzene rings is 1. The summed E-state index contributed by atoms with van der Waals surface area (Å²) in [7, 11) is 1.35. The molecular formula is C14H17N3O2. The number of nitrogens with one attached hydrogen (secondary N) is 2. The van der Waals surface area contributed by atoms with Crippen LogP contribution in [0.2, 0.25) is 0 Å². The molecule has 0 saturated heterocycles. The average molecular weight is 259 g/mol. The summed E-state index contributed by atoms with van der Waals surface area (Å²) in [5.41, 5.74) is 2.61. The lowest BCUT2D eigenvalue weighted by Gasteiger charge is -2.03. The van der Waals surface area contributed by atoms with Gasteiger partial charge in [0.2, 0.25) is 0 Å². The van der Waals surface area contributed by atoms with Crippen LogP contribution in [0.1, 0.15) is 37.4 Å². The van der Waals surface area contributed by atoms with Crippen LogP contribution < -0.4 is 5.32 Å². The first-order valence-corrected chi connectivity index (χ1v) is 6.61. The second kappa shape index (κ2) is 4.91. The largest absolute Gasteiger partial charge is 0.453 e. The van der Waals surface area contributed by atoms with Gasteiger partial charge in [0, 0.05) is 11.6 Å². The van der Waals surface area contributed by atoms with Crippen LogP contribution in [0.3, 0.4) is 0 Å². The van der Waals surface area contributed by atoms with E-state index in [0.717, 1.165) is 16.9 Å². The first-order valence-electron chi connectivity index (χ1n) is 6.61. The Labute approximate surface area is 111 Å². The topological polar surface area (TPSA) is 67.0 Å². The molecule has 2 N–H and O–H groups in total. The van der Waals surface area contributed by atoms with Crippen molar-refractivity contribution in [3.8, 4) is 0 Å². The van der Waals surface area contributed by atoms with Crippen molar-refractivity contribution >= 4 is 22.8 Å². The predicted molar refractivity (Wildman–Crippen MR) is 73.3 cm³/mol. The van der Waals surface area contributed by atoms with Gasteiger partial charge >= 0.3 is 6.09 Å². The van der Waals surface area contributed by atoms with Gasteiger partial charge in [0.1, 0.15) is 5.82 Å². The standard InChI is InChI=1S/C14H17N3O2/c1-19-14(18)15-10-6-7-11-12(8-10)17-13(16-11)9-4-2-3-5-9/h6-9H,2-5H2,1H3,(H,15,18)(H,16,17). The molecule has 19 heavy (non-hydrogen) atoms. The van der Waals surface area contributed by atoms with Gasteiger partial charge in [-0.3, -0.25) is 5.32 Å². The number of methoxy groups -OCH3 is 1. The molecule has 2 aromatic rings. The van der Waals surface area contributed by atoms with Gasteiger partial charge in [0.05, 0.1) is 18.1 Å². The number of carbonyl (C=O) groups is 1. The fourth-order valence-electron chi connectivity index (χ4n) is 2.67. The minimum atomic E-state index is -0.463. The highest BCUT2D eigenvalue weighted by molar-refractivity contribution is 5.88. The van der Waals surface area contributed by atoms with E-state index < -0.39 is 6.09 Å². The normalized spacial score (nSPS) is 15.8. The molecule has 1 heterocycles. The number of aromatic amines is 1. The fraction of sp³-hybridized carbons (Fsp3) is 0.429.